The van der Waals surface area contributed by atoms with Crippen LogP contribution >= 0.6 is 34.9 Å². The van der Waals surface area contributed by atoms with Crippen LogP contribution in [0.5, 0.6) is 0 Å². The van der Waals surface area contributed by atoms with Crippen LogP contribution in [0.1, 0.15) is 44.7 Å². The number of ketones is 1. The number of thioether (sulfide) groups is 2. The molecule has 10 heteroatoms. The molecule has 182 valence electrons. The number of nitrogens with zero attached hydrogens (tertiary/aromatic N) is 4. The first-order valence-corrected chi connectivity index (χ1v) is 14.7. The molecular formula is C24H30N4O3S3. The molecule has 34 heavy (non-hydrogen) atoms. The summed E-state index contributed by atoms with van der Waals surface area (Å²) in [4.78, 5) is 29.7. The number of hydrogen-bond acceptors (Lipinski definition) is 10. The van der Waals surface area contributed by atoms with E-state index < -0.39 is 0 Å². The number of ether oxygens (including phenoxy) is 2. The summed E-state index contributed by atoms with van der Waals surface area (Å²) in [6, 6.07) is 0. The van der Waals surface area contributed by atoms with Gasteiger partial charge in [0.25, 0.3) is 0 Å². The van der Waals surface area contributed by atoms with Crippen molar-refractivity contribution in [2.24, 2.45) is 0 Å². The summed E-state index contributed by atoms with van der Waals surface area (Å²) in [5, 5.41) is 2.93. The average Bonchev–Trinajstić information content (AvgIpc) is 3.19. The third-order valence-electron chi connectivity index (χ3n) is 6.22. The smallest absolute Gasteiger partial charge is 0.189 e. The summed E-state index contributed by atoms with van der Waals surface area (Å²) in [5.41, 5.74) is 3.27. The number of carbonyl (C=O) groups excluding carboxylic acids is 1. The number of fused-ring (bicyclic) bond motifs is 5. The molecule has 0 aromatic carbocycles. The number of aromatic nitrogens is 3. The second-order valence-electron chi connectivity index (χ2n) is 9.35. The third kappa shape index (κ3) is 4.80. The van der Waals surface area contributed by atoms with Gasteiger partial charge in [0.05, 0.1) is 35.6 Å². The first kappa shape index (κ1) is 24.2. The number of rotatable bonds is 7. The van der Waals surface area contributed by atoms with Crippen LogP contribution in [0.15, 0.2) is 10.2 Å². The Morgan fingerprint density at radius 1 is 1.18 bits per heavy atom. The number of thiophene rings is 1. The molecule has 3 aromatic rings. The quantitative estimate of drug-likeness (QED) is 0.183. The van der Waals surface area contributed by atoms with E-state index in [1.807, 2.05) is 6.26 Å². The fourth-order valence-corrected chi connectivity index (χ4v) is 7.14. The lowest BCUT2D eigenvalue weighted by Gasteiger charge is -2.36. The van der Waals surface area contributed by atoms with E-state index in [1.54, 1.807) is 41.8 Å². The van der Waals surface area contributed by atoms with Crippen LogP contribution < -0.4 is 4.90 Å². The van der Waals surface area contributed by atoms with Gasteiger partial charge in [0, 0.05) is 36.9 Å². The van der Waals surface area contributed by atoms with Crippen LogP contribution in [-0.4, -0.2) is 64.6 Å². The lowest BCUT2D eigenvalue weighted by atomic mass is 9.90. The Hall–Kier alpha value is -1.46. The molecule has 0 bridgehead atoms. The lowest BCUT2D eigenvalue weighted by molar-refractivity contribution is -0.117. The van der Waals surface area contributed by atoms with E-state index >= 15 is 0 Å². The van der Waals surface area contributed by atoms with Gasteiger partial charge in [-0.1, -0.05) is 11.8 Å². The molecule has 0 unspecified atom stereocenters. The van der Waals surface area contributed by atoms with E-state index in [-0.39, 0.29) is 11.4 Å². The Morgan fingerprint density at radius 2 is 1.97 bits per heavy atom. The van der Waals surface area contributed by atoms with Gasteiger partial charge in [-0.3, -0.25) is 0 Å². The van der Waals surface area contributed by atoms with Crippen LogP contribution in [0.3, 0.4) is 0 Å². The third-order valence-corrected chi connectivity index (χ3v) is 9.04. The molecule has 1 saturated heterocycles. The number of morpholine rings is 1. The van der Waals surface area contributed by atoms with E-state index in [4.69, 9.17) is 24.4 Å². The monoisotopic (exact) mass is 518 g/mol. The van der Waals surface area contributed by atoms with Gasteiger partial charge >= 0.3 is 0 Å². The molecule has 0 atom stereocenters. The zero-order valence-electron chi connectivity index (χ0n) is 20.1. The van der Waals surface area contributed by atoms with Crippen molar-refractivity contribution in [3.05, 3.63) is 11.1 Å². The van der Waals surface area contributed by atoms with Crippen LogP contribution in [0, 0.1) is 0 Å². The largest absolute Gasteiger partial charge is 0.378 e. The Labute approximate surface area is 212 Å². The van der Waals surface area contributed by atoms with Crippen LogP contribution in [-0.2, 0) is 27.3 Å². The van der Waals surface area contributed by atoms with Gasteiger partial charge in [0.1, 0.15) is 21.5 Å². The van der Waals surface area contributed by atoms with Gasteiger partial charge in [-0.05, 0) is 44.8 Å². The average molecular weight is 519 g/mol. The van der Waals surface area contributed by atoms with Crippen molar-refractivity contribution in [1.29, 1.82) is 0 Å². The van der Waals surface area contributed by atoms with Crippen molar-refractivity contribution in [3.8, 4) is 0 Å². The molecule has 5 heterocycles. The molecule has 7 nitrogen and oxygen atoms in total. The maximum Gasteiger partial charge on any atom is 0.189 e. The summed E-state index contributed by atoms with van der Waals surface area (Å²) >= 11 is 4.98. The van der Waals surface area contributed by atoms with Gasteiger partial charge in [-0.2, -0.15) is 0 Å². The topological polar surface area (TPSA) is 77.4 Å². The Morgan fingerprint density at radius 3 is 2.71 bits per heavy atom. The standard InChI is InChI=1S/C24H30N4O3S3/c1-14(29)6-5-11-33-22-19-18(25-23(27-22)32-4)17-15-12-24(2,3)31-13-16(15)20(26-21(17)34-19)28-7-9-30-10-8-28/h5-13H2,1-4H3. The van der Waals surface area contributed by atoms with Crippen molar-refractivity contribution in [1.82, 2.24) is 15.0 Å². The second kappa shape index (κ2) is 9.89. The summed E-state index contributed by atoms with van der Waals surface area (Å²) in [6.07, 6.45) is 4.30. The van der Waals surface area contributed by atoms with Crippen LogP contribution in [0.25, 0.3) is 20.4 Å². The van der Waals surface area contributed by atoms with E-state index in [2.05, 4.69) is 18.7 Å². The van der Waals surface area contributed by atoms with Crippen molar-refractivity contribution < 1.29 is 14.3 Å². The maximum absolute atomic E-state index is 11.4. The predicted molar refractivity (Wildman–Crippen MR) is 141 cm³/mol. The van der Waals surface area contributed by atoms with Crippen LogP contribution in [0.4, 0.5) is 5.82 Å². The predicted octanol–water partition coefficient (Wildman–Crippen LogP) is 5.11. The molecule has 2 aliphatic heterocycles. The Kier molecular flexibility index (Phi) is 7.05. The van der Waals surface area contributed by atoms with Gasteiger partial charge in [0.2, 0.25) is 0 Å². The molecule has 0 N–H and O–H groups in total. The fraction of sp³-hybridized carbons (Fsp3) is 0.583. The van der Waals surface area contributed by atoms with E-state index in [0.717, 1.165) is 81.3 Å². The van der Waals surface area contributed by atoms with Crippen LogP contribution in [0.2, 0.25) is 0 Å². The SMILES string of the molecule is CSc1nc(SCCCC(C)=O)c2sc3nc(N4CCOCC4)c4c(c3c2n1)CC(C)(C)OC4. The molecule has 0 spiro atoms. The van der Waals surface area contributed by atoms with Crippen molar-refractivity contribution >= 4 is 66.9 Å². The summed E-state index contributed by atoms with van der Waals surface area (Å²) in [7, 11) is 0. The fourth-order valence-electron chi connectivity index (χ4n) is 4.53. The molecule has 5 rings (SSSR count). The van der Waals surface area contributed by atoms with E-state index in [9.17, 15) is 4.79 Å². The Balaban J connectivity index is 1.67. The summed E-state index contributed by atoms with van der Waals surface area (Å²) < 4.78 is 12.9. The highest BCUT2D eigenvalue weighted by molar-refractivity contribution is 7.99. The number of hydrogen-bond donors (Lipinski definition) is 0. The zero-order chi connectivity index (χ0) is 23.9. The molecule has 0 aliphatic carbocycles. The normalized spacial score (nSPS) is 17.9. The molecule has 0 amide bonds. The van der Waals surface area contributed by atoms with Gasteiger partial charge < -0.3 is 19.2 Å². The molecule has 3 aromatic heterocycles. The second-order valence-corrected chi connectivity index (χ2v) is 12.2. The van der Waals surface area contributed by atoms with Crippen molar-refractivity contribution in [3.63, 3.8) is 0 Å². The first-order chi connectivity index (χ1) is 16.4. The van der Waals surface area contributed by atoms with Crippen molar-refractivity contribution in [2.75, 3.05) is 43.2 Å². The first-order valence-electron chi connectivity index (χ1n) is 11.6. The van der Waals surface area contributed by atoms with Gasteiger partial charge in [-0.15, -0.1) is 23.1 Å². The van der Waals surface area contributed by atoms with Crippen molar-refractivity contribution in [2.45, 2.75) is 62.4 Å². The number of anilines is 1. The molecule has 2 aliphatic rings. The molecule has 1 fully saturated rings. The zero-order valence-corrected chi connectivity index (χ0v) is 22.6. The number of pyridine rings is 1. The minimum absolute atomic E-state index is 0.233. The maximum atomic E-state index is 11.4. The minimum Gasteiger partial charge on any atom is -0.378 e. The lowest BCUT2D eigenvalue weighted by Crippen LogP contribution is -2.39. The highest BCUT2D eigenvalue weighted by atomic mass is 32.2. The number of carbonyl (C=O) groups is 1. The van der Waals surface area contributed by atoms with E-state index in [1.165, 1.54) is 11.1 Å². The summed E-state index contributed by atoms with van der Waals surface area (Å²) in [5.74, 6) is 2.12. The Bertz CT molecular complexity index is 1240. The number of Topliss-reactive ketones (excluding diaryl/α,β-unsaturated/α-hetero) is 1. The molecule has 0 saturated carbocycles. The summed E-state index contributed by atoms with van der Waals surface area (Å²) in [6.45, 7) is 9.64. The highest BCUT2D eigenvalue weighted by Gasteiger charge is 2.33. The highest BCUT2D eigenvalue weighted by Crippen LogP contribution is 2.45. The molecule has 0 radical (unpaired) electrons. The van der Waals surface area contributed by atoms with Gasteiger partial charge in [0.15, 0.2) is 5.16 Å². The minimum atomic E-state index is -0.239. The molecular weight excluding hydrogens is 488 g/mol. The van der Waals surface area contributed by atoms with Gasteiger partial charge in [-0.25, -0.2) is 15.0 Å². The van der Waals surface area contributed by atoms with E-state index in [0.29, 0.717) is 13.0 Å².